The highest BCUT2D eigenvalue weighted by Crippen LogP contribution is 2.31. The molecule has 3 nitrogen and oxygen atoms in total. The molecule has 5 rings (SSSR count). The Kier molecular flexibility index (Phi) is 5.26. The van der Waals surface area contributed by atoms with Gasteiger partial charge in [-0.15, -0.1) is 0 Å². The lowest BCUT2D eigenvalue weighted by Gasteiger charge is -2.10. The topological polar surface area (TPSA) is 38.7 Å². The second kappa shape index (κ2) is 8.50. The van der Waals surface area contributed by atoms with Crippen LogP contribution < -0.4 is 0 Å². The van der Waals surface area contributed by atoms with Crippen molar-refractivity contribution in [1.82, 2.24) is 15.0 Å². The molecule has 4 aromatic carbocycles. The highest BCUT2D eigenvalue weighted by molar-refractivity contribution is 6.33. The molecule has 0 N–H and O–H groups in total. The van der Waals surface area contributed by atoms with Crippen LogP contribution in [0.2, 0.25) is 5.02 Å². The summed E-state index contributed by atoms with van der Waals surface area (Å²) in [6.07, 6.45) is 0. The fourth-order valence-electron chi connectivity index (χ4n) is 3.46. The quantitative estimate of drug-likeness (QED) is 0.309. The minimum atomic E-state index is 0.626. The average Bonchev–Trinajstić information content (AvgIpc) is 2.85. The lowest BCUT2D eigenvalue weighted by Crippen LogP contribution is -2.00. The van der Waals surface area contributed by atoms with Crippen molar-refractivity contribution in [3.8, 4) is 45.3 Å². The second-order valence-electron chi connectivity index (χ2n) is 7.10. The molecule has 0 saturated heterocycles. The molecule has 0 unspecified atom stereocenters. The first kappa shape index (κ1) is 19.2. The van der Waals surface area contributed by atoms with Gasteiger partial charge in [0.05, 0.1) is 0 Å². The minimum Gasteiger partial charge on any atom is -0.208 e. The van der Waals surface area contributed by atoms with Crippen LogP contribution in [0.3, 0.4) is 0 Å². The average molecular weight is 420 g/mol. The van der Waals surface area contributed by atoms with Gasteiger partial charge >= 0.3 is 0 Å². The number of aromatic nitrogens is 3. The van der Waals surface area contributed by atoms with E-state index in [0.717, 1.165) is 27.8 Å². The summed E-state index contributed by atoms with van der Waals surface area (Å²) in [4.78, 5) is 14.4. The SMILES string of the molecule is Clc1ccccc1-c1cccc(-c2nc(-c3ccccc3)nc(-c3ccccc3)n2)c1. The molecule has 0 radical (unpaired) electrons. The van der Waals surface area contributed by atoms with Gasteiger partial charge in [0.1, 0.15) is 0 Å². The summed E-state index contributed by atoms with van der Waals surface area (Å²) in [5.74, 6) is 1.92. The number of hydrogen-bond acceptors (Lipinski definition) is 3. The van der Waals surface area contributed by atoms with E-state index < -0.39 is 0 Å². The number of benzene rings is 4. The smallest absolute Gasteiger partial charge is 0.164 e. The van der Waals surface area contributed by atoms with E-state index >= 15 is 0 Å². The first-order chi connectivity index (χ1) is 15.3. The molecule has 1 aromatic heterocycles. The van der Waals surface area contributed by atoms with Crippen molar-refractivity contribution in [3.63, 3.8) is 0 Å². The number of nitrogens with zero attached hydrogens (tertiary/aromatic N) is 3. The Balaban J connectivity index is 1.67. The Hall–Kier alpha value is -3.82. The molecule has 0 spiro atoms. The number of hydrogen-bond donors (Lipinski definition) is 0. The molecule has 0 aliphatic heterocycles. The lowest BCUT2D eigenvalue weighted by molar-refractivity contribution is 1.07. The van der Waals surface area contributed by atoms with Gasteiger partial charge in [0.15, 0.2) is 17.5 Å². The third kappa shape index (κ3) is 4.09. The fourth-order valence-corrected chi connectivity index (χ4v) is 3.70. The molecular formula is C27H18ClN3. The summed E-state index contributed by atoms with van der Waals surface area (Å²) in [7, 11) is 0. The second-order valence-corrected chi connectivity index (χ2v) is 7.51. The zero-order chi connectivity index (χ0) is 21.0. The molecular weight excluding hydrogens is 402 g/mol. The molecule has 0 aliphatic rings. The molecule has 0 amide bonds. The molecule has 4 heteroatoms. The van der Waals surface area contributed by atoms with Gasteiger partial charge in [0.2, 0.25) is 0 Å². The maximum atomic E-state index is 6.43. The zero-order valence-electron chi connectivity index (χ0n) is 16.6. The predicted molar refractivity (Wildman–Crippen MR) is 127 cm³/mol. The molecule has 1 heterocycles. The molecule has 0 saturated carbocycles. The van der Waals surface area contributed by atoms with Gasteiger partial charge in [0.25, 0.3) is 0 Å². The van der Waals surface area contributed by atoms with Crippen molar-refractivity contribution in [2.45, 2.75) is 0 Å². The van der Waals surface area contributed by atoms with Crippen molar-refractivity contribution in [3.05, 3.63) is 114 Å². The van der Waals surface area contributed by atoms with Gasteiger partial charge < -0.3 is 0 Å². The minimum absolute atomic E-state index is 0.626. The van der Waals surface area contributed by atoms with Gasteiger partial charge in [-0.3, -0.25) is 0 Å². The van der Waals surface area contributed by atoms with Crippen molar-refractivity contribution in [1.29, 1.82) is 0 Å². The van der Waals surface area contributed by atoms with Gasteiger partial charge in [0, 0.05) is 27.3 Å². The third-order valence-corrected chi connectivity index (χ3v) is 5.33. The van der Waals surface area contributed by atoms with Crippen LogP contribution in [0.1, 0.15) is 0 Å². The Morgan fingerprint density at radius 1 is 0.419 bits per heavy atom. The van der Waals surface area contributed by atoms with Gasteiger partial charge in [-0.25, -0.2) is 15.0 Å². The Morgan fingerprint density at radius 3 is 1.45 bits per heavy atom. The van der Waals surface area contributed by atoms with E-state index in [9.17, 15) is 0 Å². The van der Waals surface area contributed by atoms with Crippen molar-refractivity contribution in [2.24, 2.45) is 0 Å². The fraction of sp³-hybridized carbons (Fsp3) is 0. The summed E-state index contributed by atoms with van der Waals surface area (Å²) in [6.45, 7) is 0. The molecule has 0 atom stereocenters. The van der Waals surface area contributed by atoms with Crippen LogP contribution in [-0.2, 0) is 0 Å². The van der Waals surface area contributed by atoms with Gasteiger partial charge in [-0.2, -0.15) is 0 Å². The number of rotatable bonds is 4. The summed E-state index contributed by atoms with van der Waals surface area (Å²) in [5.41, 5.74) is 4.81. The first-order valence-electron chi connectivity index (χ1n) is 10.0. The molecule has 5 aromatic rings. The Morgan fingerprint density at radius 2 is 0.871 bits per heavy atom. The van der Waals surface area contributed by atoms with Crippen LogP contribution in [0, 0.1) is 0 Å². The Labute approximate surface area is 186 Å². The highest BCUT2D eigenvalue weighted by Gasteiger charge is 2.13. The van der Waals surface area contributed by atoms with E-state index in [1.165, 1.54) is 0 Å². The lowest BCUT2D eigenvalue weighted by atomic mass is 10.0. The number of halogens is 1. The van der Waals surface area contributed by atoms with E-state index in [0.29, 0.717) is 22.5 Å². The normalized spacial score (nSPS) is 10.7. The van der Waals surface area contributed by atoms with Crippen LogP contribution in [-0.4, -0.2) is 15.0 Å². The molecule has 31 heavy (non-hydrogen) atoms. The predicted octanol–water partition coefficient (Wildman–Crippen LogP) is 7.19. The first-order valence-corrected chi connectivity index (χ1v) is 10.4. The van der Waals surface area contributed by atoms with E-state index in [1.54, 1.807) is 0 Å². The van der Waals surface area contributed by atoms with Gasteiger partial charge in [-0.05, 0) is 17.7 Å². The van der Waals surface area contributed by atoms with Crippen LogP contribution >= 0.6 is 11.6 Å². The largest absolute Gasteiger partial charge is 0.208 e. The van der Waals surface area contributed by atoms with Crippen LogP contribution in [0.4, 0.5) is 0 Å². The van der Waals surface area contributed by atoms with E-state index in [1.807, 2.05) is 103 Å². The van der Waals surface area contributed by atoms with Crippen LogP contribution in [0.5, 0.6) is 0 Å². The van der Waals surface area contributed by atoms with Gasteiger partial charge in [-0.1, -0.05) is 109 Å². The molecule has 0 aliphatic carbocycles. The van der Waals surface area contributed by atoms with Crippen molar-refractivity contribution < 1.29 is 0 Å². The standard InChI is InChI=1S/C27H18ClN3/c28-24-17-8-7-16-23(24)21-14-9-15-22(18-21)27-30-25(19-10-3-1-4-11-19)29-26(31-27)20-12-5-2-6-13-20/h1-18H. The van der Waals surface area contributed by atoms with E-state index in [2.05, 4.69) is 6.07 Å². The monoisotopic (exact) mass is 419 g/mol. The third-order valence-electron chi connectivity index (χ3n) is 5.01. The highest BCUT2D eigenvalue weighted by atomic mass is 35.5. The van der Waals surface area contributed by atoms with Crippen LogP contribution in [0.25, 0.3) is 45.3 Å². The summed E-state index contributed by atoms with van der Waals surface area (Å²) < 4.78 is 0. The maximum Gasteiger partial charge on any atom is 0.164 e. The van der Waals surface area contributed by atoms with E-state index in [4.69, 9.17) is 26.6 Å². The summed E-state index contributed by atoms with van der Waals surface area (Å²) in [6, 6.07) is 35.9. The van der Waals surface area contributed by atoms with Crippen molar-refractivity contribution in [2.75, 3.05) is 0 Å². The summed E-state index contributed by atoms with van der Waals surface area (Å²) in [5, 5.41) is 0.713. The van der Waals surface area contributed by atoms with Crippen LogP contribution in [0.15, 0.2) is 109 Å². The molecule has 0 bridgehead atoms. The zero-order valence-corrected chi connectivity index (χ0v) is 17.4. The van der Waals surface area contributed by atoms with E-state index in [-0.39, 0.29) is 0 Å². The Bertz CT molecular complexity index is 1280. The maximum absolute atomic E-state index is 6.43. The van der Waals surface area contributed by atoms with Crippen molar-refractivity contribution >= 4 is 11.6 Å². The molecule has 148 valence electrons. The molecule has 0 fully saturated rings. The summed E-state index contributed by atoms with van der Waals surface area (Å²) >= 11 is 6.43.